The maximum atomic E-state index is 2.35. The van der Waals surface area contributed by atoms with E-state index >= 15 is 0 Å². The predicted octanol–water partition coefficient (Wildman–Crippen LogP) is 2.75. The minimum Gasteiger partial charge on any atom is -0.0833 e. The van der Waals surface area contributed by atoms with Crippen molar-refractivity contribution in [2.45, 2.75) is 12.6 Å². The summed E-state index contributed by atoms with van der Waals surface area (Å²) in [4.78, 5) is 0. The zero-order chi connectivity index (χ0) is 8.39. The summed E-state index contributed by atoms with van der Waals surface area (Å²) in [6.07, 6.45) is 5.95. The van der Waals surface area contributed by atoms with Gasteiger partial charge in [-0.05, 0) is 17.1 Å². The molecule has 0 fully saturated rings. The molecule has 12 heavy (non-hydrogen) atoms. The Bertz CT molecular complexity index is 276. The molecule has 0 amide bonds. The SMILES string of the molecule is CC1C=CCP1c1ccccc1. The van der Waals surface area contributed by atoms with Crippen LogP contribution in [0.15, 0.2) is 42.5 Å². The van der Waals surface area contributed by atoms with Crippen molar-refractivity contribution in [1.29, 1.82) is 0 Å². The van der Waals surface area contributed by atoms with Crippen molar-refractivity contribution in [3.05, 3.63) is 42.5 Å². The van der Waals surface area contributed by atoms with Gasteiger partial charge in [-0.15, -0.1) is 0 Å². The van der Waals surface area contributed by atoms with Crippen molar-refractivity contribution < 1.29 is 0 Å². The zero-order valence-corrected chi connectivity index (χ0v) is 8.17. The first-order chi connectivity index (χ1) is 5.88. The van der Waals surface area contributed by atoms with Crippen LogP contribution in [-0.2, 0) is 0 Å². The normalized spacial score (nSPS) is 27.8. The molecule has 1 aromatic carbocycles. The highest BCUT2D eigenvalue weighted by Crippen LogP contribution is 2.44. The summed E-state index contributed by atoms with van der Waals surface area (Å²) in [7, 11) is 0.0874. The number of hydrogen-bond donors (Lipinski definition) is 0. The van der Waals surface area contributed by atoms with Crippen molar-refractivity contribution in [3.8, 4) is 0 Å². The summed E-state index contributed by atoms with van der Waals surface area (Å²) >= 11 is 0. The number of allylic oxidation sites excluding steroid dienone is 2. The second kappa shape index (κ2) is 3.41. The van der Waals surface area contributed by atoms with Gasteiger partial charge in [0.15, 0.2) is 0 Å². The van der Waals surface area contributed by atoms with Gasteiger partial charge in [0.1, 0.15) is 0 Å². The zero-order valence-electron chi connectivity index (χ0n) is 7.27. The second-order valence-corrected chi connectivity index (χ2v) is 5.79. The molecule has 0 bridgehead atoms. The molecule has 0 saturated heterocycles. The summed E-state index contributed by atoms with van der Waals surface area (Å²) in [6, 6.07) is 10.9. The van der Waals surface area contributed by atoms with E-state index in [-0.39, 0.29) is 7.92 Å². The van der Waals surface area contributed by atoms with E-state index in [2.05, 4.69) is 49.4 Å². The van der Waals surface area contributed by atoms with Crippen LogP contribution in [-0.4, -0.2) is 11.8 Å². The molecule has 0 saturated carbocycles. The standard InChI is InChI=1S/C11H13P/c1-10-6-5-9-12(10)11-7-3-2-4-8-11/h2-8,10H,9H2,1H3. The Morgan fingerprint density at radius 3 is 2.58 bits per heavy atom. The van der Waals surface area contributed by atoms with Crippen LogP contribution in [0.1, 0.15) is 6.92 Å². The van der Waals surface area contributed by atoms with Gasteiger partial charge in [-0.1, -0.05) is 57.3 Å². The van der Waals surface area contributed by atoms with Crippen LogP contribution in [0.3, 0.4) is 0 Å². The smallest absolute Gasteiger partial charge is 0.00149 e. The lowest BCUT2D eigenvalue weighted by Crippen LogP contribution is -2.06. The molecule has 0 nitrogen and oxygen atoms in total. The Balaban J connectivity index is 2.22. The summed E-state index contributed by atoms with van der Waals surface area (Å²) in [5.41, 5.74) is 0.780. The van der Waals surface area contributed by atoms with Gasteiger partial charge in [0, 0.05) is 0 Å². The number of benzene rings is 1. The Kier molecular flexibility index (Phi) is 2.28. The van der Waals surface area contributed by atoms with Crippen LogP contribution in [0.4, 0.5) is 0 Å². The van der Waals surface area contributed by atoms with E-state index in [0.29, 0.717) is 0 Å². The Labute approximate surface area is 75.1 Å². The van der Waals surface area contributed by atoms with E-state index in [1.54, 1.807) is 5.30 Å². The van der Waals surface area contributed by atoms with Crippen LogP contribution in [0.5, 0.6) is 0 Å². The van der Waals surface area contributed by atoms with Crippen molar-refractivity contribution in [3.63, 3.8) is 0 Å². The number of hydrogen-bond acceptors (Lipinski definition) is 0. The van der Waals surface area contributed by atoms with Crippen molar-refractivity contribution in [1.82, 2.24) is 0 Å². The highest BCUT2D eigenvalue weighted by molar-refractivity contribution is 7.67. The van der Waals surface area contributed by atoms with E-state index in [4.69, 9.17) is 0 Å². The minimum absolute atomic E-state index is 0.0874. The summed E-state index contributed by atoms with van der Waals surface area (Å²) in [6.45, 7) is 2.32. The molecule has 1 aliphatic rings. The van der Waals surface area contributed by atoms with Crippen LogP contribution in [0, 0.1) is 0 Å². The lowest BCUT2D eigenvalue weighted by molar-refractivity contribution is 1.25. The average molecular weight is 176 g/mol. The van der Waals surface area contributed by atoms with Gasteiger partial charge < -0.3 is 0 Å². The molecule has 0 radical (unpaired) electrons. The molecule has 2 rings (SSSR count). The fourth-order valence-corrected chi connectivity index (χ4v) is 3.85. The maximum absolute atomic E-state index is 2.35. The van der Waals surface area contributed by atoms with Gasteiger partial charge in [0.05, 0.1) is 0 Å². The molecule has 0 aromatic heterocycles. The van der Waals surface area contributed by atoms with E-state index in [1.807, 2.05) is 0 Å². The molecule has 1 aliphatic heterocycles. The monoisotopic (exact) mass is 176 g/mol. The summed E-state index contributed by atoms with van der Waals surface area (Å²) < 4.78 is 0. The van der Waals surface area contributed by atoms with Crippen LogP contribution < -0.4 is 5.30 Å². The molecule has 0 N–H and O–H groups in total. The Morgan fingerprint density at radius 1 is 1.25 bits per heavy atom. The summed E-state index contributed by atoms with van der Waals surface area (Å²) in [5.74, 6) is 0. The fraction of sp³-hybridized carbons (Fsp3) is 0.273. The fourth-order valence-electron chi connectivity index (χ4n) is 1.60. The highest BCUT2D eigenvalue weighted by atomic mass is 31.1. The largest absolute Gasteiger partial charge is 0.0833 e. The van der Waals surface area contributed by atoms with Crippen LogP contribution in [0.2, 0.25) is 0 Å². The van der Waals surface area contributed by atoms with Gasteiger partial charge in [-0.2, -0.15) is 0 Å². The molecule has 1 heteroatoms. The first-order valence-electron chi connectivity index (χ1n) is 4.36. The van der Waals surface area contributed by atoms with E-state index in [1.165, 1.54) is 6.16 Å². The molecule has 0 spiro atoms. The second-order valence-electron chi connectivity index (χ2n) is 3.16. The quantitative estimate of drug-likeness (QED) is 0.456. The van der Waals surface area contributed by atoms with E-state index in [0.717, 1.165) is 5.66 Å². The number of rotatable bonds is 1. The van der Waals surface area contributed by atoms with Gasteiger partial charge in [-0.25, -0.2) is 0 Å². The van der Waals surface area contributed by atoms with Gasteiger partial charge in [-0.3, -0.25) is 0 Å². The molecular weight excluding hydrogens is 163 g/mol. The predicted molar refractivity (Wildman–Crippen MR) is 56.5 cm³/mol. The molecule has 0 aliphatic carbocycles. The first kappa shape index (κ1) is 8.01. The van der Waals surface area contributed by atoms with Crippen LogP contribution >= 0.6 is 7.92 Å². The topological polar surface area (TPSA) is 0 Å². The van der Waals surface area contributed by atoms with Crippen molar-refractivity contribution >= 4 is 13.2 Å². The van der Waals surface area contributed by atoms with Gasteiger partial charge in [0.25, 0.3) is 0 Å². The summed E-state index contributed by atoms with van der Waals surface area (Å²) in [5, 5.41) is 1.55. The van der Waals surface area contributed by atoms with Crippen molar-refractivity contribution in [2.24, 2.45) is 0 Å². The lowest BCUT2D eigenvalue weighted by Gasteiger charge is -2.15. The minimum atomic E-state index is 0.0874. The molecule has 2 atom stereocenters. The molecule has 62 valence electrons. The lowest BCUT2D eigenvalue weighted by atomic mass is 10.4. The third-order valence-corrected chi connectivity index (χ3v) is 5.02. The van der Waals surface area contributed by atoms with Crippen molar-refractivity contribution in [2.75, 3.05) is 6.16 Å². The molecular formula is C11H13P. The molecule has 1 heterocycles. The Morgan fingerprint density at radius 2 is 2.00 bits per heavy atom. The average Bonchev–Trinajstić information content (AvgIpc) is 2.53. The van der Waals surface area contributed by atoms with E-state index in [9.17, 15) is 0 Å². The third kappa shape index (κ3) is 1.44. The van der Waals surface area contributed by atoms with E-state index < -0.39 is 0 Å². The van der Waals surface area contributed by atoms with Crippen LogP contribution in [0.25, 0.3) is 0 Å². The van der Waals surface area contributed by atoms with Gasteiger partial charge >= 0.3 is 0 Å². The Hall–Kier alpha value is -0.610. The maximum Gasteiger partial charge on any atom is -0.00149 e. The first-order valence-corrected chi connectivity index (χ1v) is 5.96. The van der Waals surface area contributed by atoms with Gasteiger partial charge in [0.2, 0.25) is 0 Å². The third-order valence-electron chi connectivity index (χ3n) is 2.30. The molecule has 1 aromatic rings. The molecule has 2 unspecified atom stereocenters. The highest BCUT2D eigenvalue weighted by Gasteiger charge is 2.18.